The van der Waals surface area contributed by atoms with E-state index in [2.05, 4.69) is 10.2 Å². The van der Waals surface area contributed by atoms with Crippen molar-refractivity contribution in [2.45, 2.75) is 12.5 Å². The second-order valence-electron chi connectivity index (χ2n) is 4.67. The summed E-state index contributed by atoms with van der Waals surface area (Å²) in [5, 5.41) is 3.25. The van der Waals surface area contributed by atoms with Crippen LogP contribution in [0.15, 0.2) is 18.2 Å². The first-order valence-corrected chi connectivity index (χ1v) is 6.60. The summed E-state index contributed by atoms with van der Waals surface area (Å²) < 4.78 is 32.0. The molecule has 1 aromatic rings. The lowest BCUT2D eigenvalue weighted by Gasteiger charge is -2.35. The van der Waals surface area contributed by atoms with E-state index < -0.39 is 6.67 Å². The molecule has 0 aromatic heterocycles. The Balaban J connectivity index is 2.26. The fourth-order valence-corrected chi connectivity index (χ4v) is 2.54. The average Bonchev–Trinajstić information content (AvgIpc) is 2.47. The van der Waals surface area contributed by atoms with Gasteiger partial charge in [0.05, 0.1) is 13.8 Å². The van der Waals surface area contributed by atoms with Gasteiger partial charge in [0.25, 0.3) is 0 Å². The van der Waals surface area contributed by atoms with Crippen LogP contribution in [0.25, 0.3) is 0 Å². The number of rotatable bonds is 5. The molecule has 0 amide bonds. The van der Waals surface area contributed by atoms with Gasteiger partial charge in [0.1, 0.15) is 11.6 Å². The molecule has 0 bridgehead atoms. The van der Waals surface area contributed by atoms with E-state index in [1.165, 1.54) is 6.07 Å². The topological polar surface area (TPSA) is 24.5 Å². The van der Waals surface area contributed by atoms with E-state index in [0.717, 1.165) is 26.2 Å². The maximum absolute atomic E-state index is 14.0. The number of benzene rings is 1. The van der Waals surface area contributed by atoms with Gasteiger partial charge in [0.15, 0.2) is 0 Å². The second-order valence-corrected chi connectivity index (χ2v) is 4.67. The van der Waals surface area contributed by atoms with Crippen molar-refractivity contribution in [1.29, 1.82) is 0 Å². The fraction of sp³-hybridized carbons (Fsp3) is 0.571. The van der Waals surface area contributed by atoms with Gasteiger partial charge in [-0.05, 0) is 24.6 Å². The van der Waals surface area contributed by atoms with E-state index in [1.807, 2.05) is 0 Å². The molecule has 1 aliphatic rings. The summed E-state index contributed by atoms with van der Waals surface area (Å²) in [7, 11) is 1.55. The number of methoxy groups -OCH3 is 1. The van der Waals surface area contributed by atoms with Crippen LogP contribution in [0.3, 0.4) is 0 Å². The molecule has 1 fully saturated rings. The van der Waals surface area contributed by atoms with Crippen molar-refractivity contribution in [2.75, 3.05) is 40.0 Å². The van der Waals surface area contributed by atoms with Gasteiger partial charge >= 0.3 is 0 Å². The predicted octanol–water partition coefficient (Wildman–Crippen LogP) is 2.14. The largest absolute Gasteiger partial charge is 0.497 e. The Morgan fingerprint density at radius 3 is 2.74 bits per heavy atom. The van der Waals surface area contributed by atoms with Crippen molar-refractivity contribution in [2.24, 2.45) is 0 Å². The van der Waals surface area contributed by atoms with Gasteiger partial charge in [0.2, 0.25) is 0 Å². The van der Waals surface area contributed by atoms with Crippen molar-refractivity contribution >= 4 is 0 Å². The Bertz CT molecular complexity index is 408. The minimum atomic E-state index is -0.453. The standard InChI is InChI=1S/C14H20F2N2O/c1-19-11-2-3-13(16)12(10-11)14(4-5-15)18-8-6-17-7-9-18/h2-3,10,14,17H,4-9H2,1H3/t14-/m1/s1. The maximum atomic E-state index is 14.0. The van der Waals surface area contributed by atoms with E-state index in [0.29, 0.717) is 17.7 Å². The van der Waals surface area contributed by atoms with E-state index in [4.69, 9.17) is 4.74 Å². The van der Waals surface area contributed by atoms with Crippen LogP contribution in [0.2, 0.25) is 0 Å². The molecule has 1 N–H and O–H groups in total. The lowest BCUT2D eigenvalue weighted by atomic mass is 10.0. The van der Waals surface area contributed by atoms with Crippen molar-refractivity contribution in [3.05, 3.63) is 29.6 Å². The van der Waals surface area contributed by atoms with Gasteiger partial charge in [-0.2, -0.15) is 0 Å². The highest BCUT2D eigenvalue weighted by atomic mass is 19.1. The van der Waals surface area contributed by atoms with Crippen molar-refractivity contribution < 1.29 is 13.5 Å². The smallest absolute Gasteiger partial charge is 0.128 e. The Kier molecular flexibility index (Phi) is 5.10. The lowest BCUT2D eigenvalue weighted by molar-refractivity contribution is 0.154. The van der Waals surface area contributed by atoms with Crippen molar-refractivity contribution in [3.8, 4) is 5.75 Å². The van der Waals surface area contributed by atoms with Crippen LogP contribution in [0.5, 0.6) is 5.75 Å². The molecule has 3 nitrogen and oxygen atoms in total. The Labute approximate surface area is 112 Å². The van der Waals surface area contributed by atoms with Gasteiger partial charge in [-0.3, -0.25) is 9.29 Å². The molecule has 0 spiro atoms. The zero-order chi connectivity index (χ0) is 13.7. The van der Waals surface area contributed by atoms with Crippen LogP contribution < -0.4 is 10.1 Å². The van der Waals surface area contributed by atoms with E-state index >= 15 is 0 Å². The molecule has 19 heavy (non-hydrogen) atoms. The minimum Gasteiger partial charge on any atom is -0.497 e. The summed E-state index contributed by atoms with van der Waals surface area (Å²) >= 11 is 0. The zero-order valence-corrected chi connectivity index (χ0v) is 11.2. The van der Waals surface area contributed by atoms with Gasteiger partial charge in [-0.25, -0.2) is 4.39 Å². The van der Waals surface area contributed by atoms with E-state index in [9.17, 15) is 8.78 Å². The second kappa shape index (κ2) is 6.82. The number of nitrogens with one attached hydrogen (secondary N) is 1. The van der Waals surface area contributed by atoms with Crippen LogP contribution in [-0.4, -0.2) is 44.9 Å². The summed E-state index contributed by atoms with van der Waals surface area (Å²) in [6, 6.07) is 4.43. The quantitative estimate of drug-likeness (QED) is 0.887. The number of hydrogen-bond acceptors (Lipinski definition) is 3. The molecule has 1 saturated heterocycles. The molecule has 0 unspecified atom stereocenters. The molecule has 0 saturated carbocycles. The molecule has 5 heteroatoms. The number of hydrogen-bond donors (Lipinski definition) is 1. The van der Waals surface area contributed by atoms with Crippen LogP contribution in [0.4, 0.5) is 8.78 Å². The first kappa shape index (κ1) is 14.2. The molecule has 1 aliphatic heterocycles. The Hall–Kier alpha value is -1.20. The first-order chi connectivity index (χ1) is 9.26. The molecule has 0 radical (unpaired) electrons. The van der Waals surface area contributed by atoms with Gasteiger partial charge in [-0.1, -0.05) is 0 Å². The molecule has 1 heterocycles. The van der Waals surface area contributed by atoms with Crippen LogP contribution in [0, 0.1) is 5.82 Å². The Morgan fingerprint density at radius 2 is 2.11 bits per heavy atom. The van der Waals surface area contributed by atoms with Gasteiger partial charge in [0, 0.05) is 37.8 Å². The molecule has 2 rings (SSSR count). The highest BCUT2D eigenvalue weighted by molar-refractivity contribution is 5.32. The summed E-state index contributed by atoms with van der Waals surface area (Å²) in [6.45, 7) is 2.87. The summed E-state index contributed by atoms with van der Waals surface area (Å²) in [6.07, 6.45) is 0.310. The third kappa shape index (κ3) is 3.42. The van der Waals surface area contributed by atoms with Crippen molar-refractivity contribution in [3.63, 3.8) is 0 Å². The molecule has 1 atom stereocenters. The van der Waals surface area contributed by atoms with Gasteiger partial charge < -0.3 is 10.1 Å². The molecule has 1 aromatic carbocycles. The maximum Gasteiger partial charge on any atom is 0.128 e. The molecular weight excluding hydrogens is 250 g/mol. The van der Waals surface area contributed by atoms with E-state index in [1.54, 1.807) is 19.2 Å². The van der Waals surface area contributed by atoms with Crippen molar-refractivity contribution in [1.82, 2.24) is 10.2 Å². The van der Waals surface area contributed by atoms with Gasteiger partial charge in [-0.15, -0.1) is 0 Å². The molecule has 0 aliphatic carbocycles. The number of nitrogens with zero attached hydrogens (tertiary/aromatic N) is 1. The summed E-state index contributed by atoms with van der Waals surface area (Å²) in [4.78, 5) is 2.13. The SMILES string of the molecule is COc1ccc(F)c([C@@H](CCF)N2CCNCC2)c1. The number of halogens is 2. The summed E-state index contributed by atoms with van der Waals surface area (Å²) in [5.74, 6) is 0.313. The number of alkyl halides is 1. The summed E-state index contributed by atoms with van der Waals surface area (Å²) in [5.41, 5.74) is 0.527. The molecular formula is C14H20F2N2O. The predicted molar refractivity (Wildman–Crippen MR) is 70.7 cm³/mol. The monoisotopic (exact) mass is 270 g/mol. The zero-order valence-electron chi connectivity index (χ0n) is 11.2. The normalized spacial score (nSPS) is 18.3. The minimum absolute atomic E-state index is 0.220. The Morgan fingerprint density at radius 1 is 1.37 bits per heavy atom. The first-order valence-electron chi connectivity index (χ1n) is 6.60. The molecule has 106 valence electrons. The lowest BCUT2D eigenvalue weighted by Crippen LogP contribution is -2.45. The average molecular weight is 270 g/mol. The fourth-order valence-electron chi connectivity index (χ4n) is 2.54. The third-order valence-electron chi connectivity index (χ3n) is 3.54. The van der Waals surface area contributed by atoms with E-state index in [-0.39, 0.29) is 11.9 Å². The van der Waals surface area contributed by atoms with Crippen LogP contribution in [-0.2, 0) is 0 Å². The van der Waals surface area contributed by atoms with Crippen LogP contribution >= 0.6 is 0 Å². The highest BCUT2D eigenvalue weighted by Gasteiger charge is 2.24. The van der Waals surface area contributed by atoms with Crippen LogP contribution in [0.1, 0.15) is 18.0 Å². The highest BCUT2D eigenvalue weighted by Crippen LogP contribution is 2.30. The third-order valence-corrected chi connectivity index (χ3v) is 3.54. The number of ether oxygens (including phenoxy) is 1. The number of piperazine rings is 1.